The predicted octanol–water partition coefficient (Wildman–Crippen LogP) is 4.02. The molecule has 1 aliphatic rings. The number of para-hydroxylation sites is 1. The maximum absolute atomic E-state index is 12.8. The molecule has 0 saturated carbocycles. The molecule has 0 atom stereocenters. The fourth-order valence-electron chi connectivity index (χ4n) is 3.56. The molecule has 1 aliphatic heterocycles. The number of carbonyl (C=O) groups is 3. The highest BCUT2D eigenvalue weighted by atomic mass is 16.2. The number of aryl methyl sites for hydroxylation is 1. The van der Waals surface area contributed by atoms with Gasteiger partial charge in [-0.05, 0) is 63.4 Å². The van der Waals surface area contributed by atoms with Crippen molar-refractivity contribution in [3.05, 3.63) is 59.7 Å². The Morgan fingerprint density at radius 1 is 0.968 bits per heavy atom. The van der Waals surface area contributed by atoms with Crippen LogP contribution in [0.4, 0.5) is 16.2 Å². The fourth-order valence-corrected chi connectivity index (χ4v) is 3.56. The van der Waals surface area contributed by atoms with E-state index in [0.717, 1.165) is 5.56 Å². The van der Waals surface area contributed by atoms with Gasteiger partial charge in [0.05, 0.1) is 0 Å². The number of hydrogen-bond acceptors (Lipinski definition) is 3. The third-order valence-electron chi connectivity index (χ3n) is 5.36. The van der Waals surface area contributed by atoms with Crippen molar-refractivity contribution in [1.29, 1.82) is 0 Å². The van der Waals surface area contributed by atoms with Crippen molar-refractivity contribution in [2.24, 2.45) is 5.92 Å². The largest absolute Gasteiger partial charge is 0.354 e. The first-order valence-electron chi connectivity index (χ1n) is 10.7. The highest BCUT2D eigenvalue weighted by Crippen LogP contribution is 2.22. The lowest BCUT2D eigenvalue weighted by molar-refractivity contribution is -0.126. The molecule has 1 heterocycles. The summed E-state index contributed by atoms with van der Waals surface area (Å²) < 4.78 is 0. The van der Waals surface area contributed by atoms with E-state index >= 15 is 0 Å². The van der Waals surface area contributed by atoms with Gasteiger partial charge in [-0.3, -0.25) is 9.59 Å². The summed E-state index contributed by atoms with van der Waals surface area (Å²) in [4.78, 5) is 39.2. The lowest BCUT2D eigenvalue weighted by Gasteiger charge is -2.32. The fraction of sp³-hybridized carbons (Fsp3) is 0.375. The summed E-state index contributed by atoms with van der Waals surface area (Å²) in [5.41, 5.74) is 2.65. The van der Waals surface area contributed by atoms with Crippen molar-refractivity contribution in [3.63, 3.8) is 0 Å². The smallest absolute Gasteiger partial charge is 0.321 e. The molecule has 0 unspecified atom stereocenters. The predicted molar refractivity (Wildman–Crippen MR) is 122 cm³/mol. The minimum atomic E-state index is -0.237. The van der Waals surface area contributed by atoms with Crippen molar-refractivity contribution >= 4 is 29.2 Å². The van der Waals surface area contributed by atoms with Crippen LogP contribution < -0.4 is 16.0 Å². The molecule has 3 rings (SSSR count). The average Bonchev–Trinajstić information content (AvgIpc) is 2.75. The Labute approximate surface area is 183 Å². The molecule has 3 N–H and O–H groups in total. The number of rotatable bonds is 5. The zero-order valence-electron chi connectivity index (χ0n) is 18.3. The molecule has 7 heteroatoms. The number of likely N-dealkylation sites (tertiary alicyclic amines) is 1. The van der Waals surface area contributed by atoms with Crippen LogP contribution in [0.3, 0.4) is 0 Å². The standard InChI is InChI=1S/C24H30N4O3/c1-16(2)25-22(29)18-11-13-28(14-12-18)24(31)27-21-15-19(10-9-17(21)3)23(30)26-20-7-5-4-6-8-20/h4-10,15-16,18H,11-14H2,1-3H3,(H,25,29)(H,26,30)(H,27,31). The number of urea groups is 1. The van der Waals surface area contributed by atoms with Crippen LogP contribution in [0.2, 0.25) is 0 Å². The van der Waals surface area contributed by atoms with E-state index in [1.807, 2.05) is 57.2 Å². The van der Waals surface area contributed by atoms with Gasteiger partial charge in [0.15, 0.2) is 0 Å². The van der Waals surface area contributed by atoms with E-state index in [2.05, 4.69) is 16.0 Å². The Bertz CT molecular complexity index is 935. The highest BCUT2D eigenvalue weighted by Gasteiger charge is 2.27. The zero-order valence-corrected chi connectivity index (χ0v) is 18.3. The van der Waals surface area contributed by atoms with E-state index in [1.165, 1.54) is 0 Å². The van der Waals surface area contributed by atoms with Crippen molar-refractivity contribution in [3.8, 4) is 0 Å². The number of benzene rings is 2. The van der Waals surface area contributed by atoms with Crippen LogP contribution in [0.1, 0.15) is 42.6 Å². The summed E-state index contributed by atoms with van der Waals surface area (Å²) in [5.74, 6) is -0.236. The van der Waals surface area contributed by atoms with E-state index in [9.17, 15) is 14.4 Å². The molecule has 1 saturated heterocycles. The second-order valence-electron chi connectivity index (χ2n) is 8.20. The molecule has 164 valence electrons. The van der Waals surface area contributed by atoms with Crippen LogP contribution in [0, 0.1) is 12.8 Å². The Kier molecular flexibility index (Phi) is 7.28. The molecular formula is C24H30N4O3. The minimum Gasteiger partial charge on any atom is -0.354 e. The summed E-state index contributed by atoms with van der Waals surface area (Å²) in [7, 11) is 0. The molecule has 0 radical (unpaired) electrons. The number of piperidine rings is 1. The molecule has 0 aromatic heterocycles. The zero-order chi connectivity index (χ0) is 22.4. The second-order valence-corrected chi connectivity index (χ2v) is 8.20. The van der Waals surface area contributed by atoms with Crippen LogP contribution >= 0.6 is 0 Å². The molecule has 2 aromatic carbocycles. The first-order chi connectivity index (χ1) is 14.8. The molecule has 31 heavy (non-hydrogen) atoms. The number of hydrogen-bond donors (Lipinski definition) is 3. The van der Waals surface area contributed by atoms with Crippen molar-refractivity contribution < 1.29 is 14.4 Å². The van der Waals surface area contributed by atoms with E-state index < -0.39 is 0 Å². The summed E-state index contributed by atoms with van der Waals surface area (Å²) in [6.07, 6.45) is 1.29. The lowest BCUT2D eigenvalue weighted by atomic mass is 9.96. The summed E-state index contributed by atoms with van der Waals surface area (Å²) in [6.45, 7) is 6.82. The number of amides is 4. The van der Waals surface area contributed by atoms with Gasteiger partial charge in [-0.25, -0.2) is 4.79 Å². The number of anilines is 2. The molecule has 4 amide bonds. The van der Waals surface area contributed by atoms with Gasteiger partial charge in [0.2, 0.25) is 5.91 Å². The minimum absolute atomic E-state index is 0.0572. The van der Waals surface area contributed by atoms with Gasteiger partial charge < -0.3 is 20.9 Å². The summed E-state index contributed by atoms with van der Waals surface area (Å²) in [6, 6.07) is 14.4. The Morgan fingerprint density at radius 3 is 2.29 bits per heavy atom. The van der Waals surface area contributed by atoms with Crippen LogP contribution in [0.15, 0.2) is 48.5 Å². The first-order valence-corrected chi connectivity index (χ1v) is 10.7. The molecule has 0 aliphatic carbocycles. The van der Waals surface area contributed by atoms with Crippen LogP contribution in [-0.4, -0.2) is 41.9 Å². The van der Waals surface area contributed by atoms with E-state index in [4.69, 9.17) is 0 Å². The summed E-state index contributed by atoms with van der Waals surface area (Å²) in [5, 5.41) is 8.71. The molecule has 0 bridgehead atoms. The van der Waals surface area contributed by atoms with Gasteiger partial charge in [0, 0.05) is 42.0 Å². The van der Waals surface area contributed by atoms with Crippen LogP contribution in [0.5, 0.6) is 0 Å². The maximum atomic E-state index is 12.8. The second kappa shape index (κ2) is 10.1. The number of carbonyl (C=O) groups excluding carboxylic acids is 3. The molecular weight excluding hydrogens is 392 g/mol. The van der Waals surface area contributed by atoms with Gasteiger partial charge in [-0.1, -0.05) is 24.3 Å². The average molecular weight is 423 g/mol. The molecule has 0 spiro atoms. The van der Waals surface area contributed by atoms with Crippen LogP contribution in [0.25, 0.3) is 0 Å². The lowest BCUT2D eigenvalue weighted by Crippen LogP contribution is -2.45. The van der Waals surface area contributed by atoms with Crippen molar-refractivity contribution in [2.75, 3.05) is 23.7 Å². The van der Waals surface area contributed by atoms with Gasteiger partial charge in [0.25, 0.3) is 5.91 Å². The highest BCUT2D eigenvalue weighted by molar-refractivity contribution is 6.05. The Balaban J connectivity index is 1.59. The van der Waals surface area contributed by atoms with Crippen molar-refractivity contribution in [1.82, 2.24) is 10.2 Å². The third-order valence-corrected chi connectivity index (χ3v) is 5.36. The van der Waals surface area contributed by atoms with Crippen LogP contribution in [-0.2, 0) is 4.79 Å². The Hall–Kier alpha value is -3.35. The monoisotopic (exact) mass is 422 g/mol. The molecule has 2 aromatic rings. The van der Waals surface area contributed by atoms with Gasteiger partial charge >= 0.3 is 6.03 Å². The van der Waals surface area contributed by atoms with E-state index in [1.54, 1.807) is 17.0 Å². The Morgan fingerprint density at radius 2 is 1.65 bits per heavy atom. The molecule has 1 fully saturated rings. The molecule has 7 nitrogen and oxygen atoms in total. The normalized spacial score (nSPS) is 14.3. The first kappa shape index (κ1) is 22.3. The summed E-state index contributed by atoms with van der Waals surface area (Å²) >= 11 is 0. The third kappa shape index (κ3) is 6.07. The van der Waals surface area contributed by atoms with Crippen molar-refractivity contribution in [2.45, 2.75) is 39.7 Å². The van der Waals surface area contributed by atoms with E-state index in [0.29, 0.717) is 42.9 Å². The SMILES string of the molecule is Cc1ccc(C(=O)Nc2ccccc2)cc1NC(=O)N1CCC(C(=O)NC(C)C)CC1. The maximum Gasteiger partial charge on any atom is 0.321 e. The topological polar surface area (TPSA) is 90.5 Å². The quantitative estimate of drug-likeness (QED) is 0.680. The number of nitrogens with zero attached hydrogens (tertiary/aromatic N) is 1. The van der Waals surface area contributed by atoms with Gasteiger partial charge in [0.1, 0.15) is 0 Å². The van der Waals surface area contributed by atoms with Gasteiger partial charge in [-0.2, -0.15) is 0 Å². The van der Waals surface area contributed by atoms with E-state index in [-0.39, 0.29) is 29.8 Å². The number of nitrogens with one attached hydrogen (secondary N) is 3. The van der Waals surface area contributed by atoms with Gasteiger partial charge in [-0.15, -0.1) is 0 Å².